The van der Waals surface area contributed by atoms with Crippen molar-refractivity contribution < 1.29 is 18.3 Å². The van der Waals surface area contributed by atoms with Gasteiger partial charge >= 0.3 is 6.18 Å². The van der Waals surface area contributed by atoms with Gasteiger partial charge in [0.15, 0.2) is 5.82 Å². The van der Waals surface area contributed by atoms with E-state index in [4.69, 9.17) is 0 Å². The fraction of sp³-hybridized carbons (Fsp3) is 0.706. The minimum absolute atomic E-state index is 0.110. The average molecular weight is 371 g/mol. The van der Waals surface area contributed by atoms with Gasteiger partial charge in [-0.15, -0.1) is 0 Å². The van der Waals surface area contributed by atoms with Gasteiger partial charge in [0.2, 0.25) is 11.9 Å². The van der Waals surface area contributed by atoms with Crippen LogP contribution in [0.4, 0.5) is 25.1 Å². The lowest BCUT2D eigenvalue weighted by molar-refractivity contribution is -0.138. The van der Waals surface area contributed by atoms with E-state index in [1.54, 1.807) is 6.08 Å². The van der Waals surface area contributed by atoms with Gasteiger partial charge in [0.25, 0.3) is 0 Å². The summed E-state index contributed by atoms with van der Waals surface area (Å²) < 4.78 is 38.6. The van der Waals surface area contributed by atoms with E-state index in [0.717, 1.165) is 44.6 Å². The summed E-state index contributed by atoms with van der Waals surface area (Å²) >= 11 is 0. The molecule has 2 aliphatic carbocycles. The molecule has 0 radical (unpaired) electrons. The molecule has 144 valence electrons. The molecule has 1 aromatic heterocycles. The van der Waals surface area contributed by atoms with Crippen molar-refractivity contribution in [1.82, 2.24) is 15.0 Å². The molecule has 1 heterocycles. The van der Waals surface area contributed by atoms with E-state index in [1.165, 1.54) is 0 Å². The van der Waals surface area contributed by atoms with Crippen LogP contribution >= 0.6 is 0 Å². The lowest BCUT2D eigenvalue weighted by Crippen LogP contribution is -2.34. The fourth-order valence-corrected chi connectivity index (χ4v) is 3.26. The molecule has 0 saturated heterocycles. The van der Waals surface area contributed by atoms with Crippen LogP contribution in [0.25, 0.3) is 5.57 Å². The Labute approximate surface area is 150 Å². The van der Waals surface area contributed by atoms with Gasteiger partial charge in [-0.2, -0.15) is 28.1 Å². The summed E-state index contributed by atoms with van der Waals surface area (Å²) in [5, 5.41) is 15.4. The van der Waals surface area contributed by atoms with E-state index in [-0.39, 0.29) is 17.9 Å². The monoisotopic (exact) mass is 371 g/mol. The van der Waals surface area contributed by atoms with Crippen molar-refractivity contribution in [2.24, 2.45) is 0 Å². The Balaban J connectivity index is 1.88. The zero-order valence-corrected chi connectivity index (χ0v) is 14.7. The Morgan fingerprint density at radius 1 is 1.08 bits per heavy atom. The molecule has 0 bridgehead atoms. The molecule has 1 aromatic rings. The number of rotatable bonds is 5. The standard InChI is InChI=1S/C17H24F3N5O/c1-10(17(18,19)20)21-15-23-14(11-5-4-8-13(26)9-11)24-16(25-15)22-12-6-2-3-7-12/h9-10,12-13,26H,2-8H2,1H3,(H2,21,22,23,24,25). The SMILES string of the molecule is CC(Nc1nc(NC2CCCC2)nc(C2=CC(O)CCC2)n1)C(F)(F)F. The molecule has 1 fully saturated rings. The van der Waals surface area contributed by atoms with Crippen molar-refractivity contribution in [3.63, 3.8) is 0 Å². The zero-order chi connectivity index (χ0) is 18.7. The van der Waals surface area contributed by atoms with Gasteiger partial charge in [0.05, 0.1) is 6.10 Å². The summed E-state index contributed by atoms with van der Waals surface area (Å²) in [4.78, 5) is 12.7. The number of aliphatic hydroxyl groups excluding tert-OH is 1. The number of allylic oxidation sites excluding steroid dienone is 1. The summed E-state index contributed by atoms with van der Waals surface area (Å²) in [6.07, 6.45) is 3.04. The first-order valence-electron chi connectivity index (χ1n) is 9.06. The predicted molar refractivity (Wildman–Crippen MR) is 92.7 cm³/mol. The number of halogens is 3. The highest BCUT2D eigenvalue weighted by Crippen LogP contribution is 2.28. The predicted octanol–water partition coefficient (Wildman–Crippen LogP) is 3.52. The Kier molecular flexibility index (Phi) is 5.64. The van der Waals surface area contributed by atoms with Gasteiger partial charge in [-0.05, 0) is 50.7 Å². The Morgan fingerprint density at radius 2 is 1.77 bits per heavy atom. The topological polar surface area (TPSA) is 83.0 Å². The van der Waals surface area contributed by atoms with E-state index in [0.29, 0.717) is 18.7 Å². The molecule has 3 N–H and O–H groups in total. The molecular weight excluding hydrogens is 347 g/mol. The Morgan fingerprint density at radius 3 is 2.42 bits per heavy atom. The minimum Gasteiger partial charge on any atom is -0.389 e. The fourth-order valence-electron chi connectivity index (χ4n) is 3.26. The molecule has 3 rings (SSSR count). The molecule has 26 heavy (non-hydrogen) atoms. The van der Waals surface area contributed by atoms with Gasteiger partial charge < -0.3 is 15.7 Å². The number of hydrogen-bond acceptors (Lipinski definition) is 6. The summed E-state index contributed by atoms with van der Waals surface area (Å²) in [5.41, 5.74) is 0.739. The van der Waals surface area contributed by atoms with Crippen LogP contribution in [0, 0.1) is 0 Å². The first-order valence-corrected chi connectivity index (χ1v) is 9.06. The van der Waals surface area contributed by atoms with E-state index in [2.05, 4.69) is 25.6 Å². The highest BCUT2D eigenvalue weighted by atomic mass is 19.4. The number of anilines is 2. The van der Waals surface area contributed by atoms with Crippen molar-refractivity contribution >= 4 is 17.5 Å². The molecule has 0 aliphatic heterocycles. The van der Waals surface area contributed by atoms with Gasteiger partial charge in [0, 0.05) is 6.04 Å². The van der Waals surface area contributed by atoms with Crippen LogP contribution in [0.5, 0.6) is 0 Å². The average Bonchev–Trinajstić information content (AvgIpc) is 3.06. The molecular formula is C17H24F3N5O. The third kappa shape index (κ3) is 4.84. The number of nitrogens with one attached hydrogen (secondary N) is 2. The molecule has 2 unspecified atom stereocenters. The lowest BCUT2D eigenvalue weighted by Gasteiger charge is -2.20. The van der Waals surface area contributed by atoms with Crippen LogP contribution in [0.15, 0.2) is 6.08 Å². The maximum atomic E-state index is 12.9. The van der Waals surface area contributed by atoms with Crippen LogP contribution in [-0.2, 0) is 0 Å². The lowest BCUT2D eigenvalue weighted by atomic mass is 9.97. The first-order chi connectivity index (χ1) is 12.3. The van der Waals surface area contributed by atoms with E-state index in [1.807, 2.05) is 0 Å². The van der Waals surface area contributed by atoms with Crippen molar-refractivity contribution in [2.75, 3.05) is 10.6 Å². The molecule has 0 amide bonds. The summed E-state index contributed by atoms with van der Waals surface area (Å²) in [5.74, 6) is 0.483. The first kappa shape index (κ1) is 18.9. The molecule has 0 spiro atoms. The normalized spacial score (nSPS) is 22.8. The van der Waals surface area contributed by atoms with Gasteiger partial charge in [-0.3, -0.25) is 0 Å². The molecule has 9 heteroatoms. The maximum Gasteiger partial charge on any atom is 0.408 e. The number of aliphatic hydroxyl groups is 1. The Hall–Kier alpha value is -1.90. The van der Waals surface area contributed by atoms with E-state index in [9.17, 15) is 18.3 Å². The van der Waals surface area contributed by atoms with Crippen LogP contribution in [0.2, 0.25) is 0 Å². The number of aromatic nitrogens is 3. The van der Waals surface area contributed by atoms with Crippen LogP contribution in [0.3, 0.4) is 0 Å². The van der Waals surface area contributed by atoms with Crippen molar-refractivity contribution in [3.05, 3.63) is 11.9 Å². The van der Waals surface area contributed by atoms with Crippen LogP contribution in [0.1, 0.15) is 57.7 Å². The smallest absolute Gasteiger partial charge is 0.389 e. The number of hydrogen-bond donors (Lipinski definition) is 3. The molecule has 0 aromatic carbocycles. The van der Waals surface area contributed by atoms with Crippen LogP contribution in [-0.4, -0.2) is 44.4 Å². The van der Waals surface area contributed by atoms with E-state index < -0.39 is 18.3 Å². The van der Waals surface area contributed by atoms with Crippen LogP contribution < -0.4 is 10.6 Å². The third-order valence-corrected chi connectivity index (χ3v) is 4.79. The number of nitrogens with zero attached hydrogens (tertiary/aromatic N) is 3. The second-order valence-electron chi connectivity index (χ2n) is 6.99. The largest absolute Gasteiger partial charge is 0.408 e. The van der Waals surface area contributed by atoms with E-state index >= 15 is 0 Å². The summed E-state index contributed by atoms with van der Waals surface area (Å²) in [6, 6.07) is -1.55. The molecule has 6 nitrogen and oxygen atoms in total. The highest BCUT2D eigenvalue weighted by molar-refractivity contribution is 5.63. The molecule has 2 aliphatic rings. The summed E-state index contributed by atoms with van der Waals surface area (Å²) in [7, 11) is 0. The Bertz CT molecular complexity index is 658. The van der Waals surface area contributed by atoms with Gasteiger partial charge in [-0.1, -0.05) is 12.8 Å². The van der Waals surface area contributed by atoms with Gasteiger partial charge in [-0.25, -0.2) is 0 Å². The minimum atomic E-state index is -4.40. The summed E-state index contributed by atoms with van der Waals surface area (Å²) in [6.45, 7) is 1.02. The van der Waals surface area contributed by atoms with Gasteiger partial charge in [0.1, 0.15) is 6.04 Å². The van der Waals surface area contributed by atoms with Crippen molar-refractivity contribution in [3.8, 4) is 0 Å². The highest BCUT2D eigenvalue weighted by Gasteiger charge is 2.36. The number of alkyl halides is 3. The molecule has 2 atom stereocenters. The second-order valence-corrected chi connectivity index (χ2v) is 6.99. The zero-order valence-electron chi connectivity index (χ0n) is 14.7. The third-order valence-electron chi connectivity index (χ3n) is 4.79. The second kappa shape index (κ2) is 7.77. The maximum absolute atomic E-state index is 12.9. The van der Waals surface area contributed by atoms with Crippen molar-refractivity contribution in [2.45, 2.75) is 76.2 Å². The quantitative estimate of drug-likeness (QED) is 0.735. The molecule has 1 saturated carbocycles. The van der Waals surface area contributed by atoms with Crippen molar-refractivity contribution in [1.29, 1.82) is 0 Å².